The van der Waals surface area contributed by atoms with Crippen molar-refractivity contribution >= 4 is 5.82 Å². The molecule has 0 bridgehead atoms. The number of hydrogen-bond donors (Lipinski definition) is 1. The molecule has 1 heterocycles. The van der Waals surface area contributed by atoms with Crippen LogP contribution in [0.1, 0.15) is 39.2 Å². The molecule has 1 aliphatic carbocycles. The Morgan fingerprint density at radius 2 is 2.07 bits per heavy atom. The largest absolute Gasteiger partial charge is 0.489 e. The van der Waals surface area contributed by atoms with Gasteiger partial charge in [0.15, 0.2) is 0 Å². The number of anilines is 1. The van der Waals surface area contributed by atoms with Crippen molar-refractivity contribution in [3.8, 4) is 5.75 Å². The molecule has 1 saturated carbocycles. The Labute approximate surface area is 90.7 Å². The van der Waals surface area contributed by atoms with Crippen LogP contribution in [0.2, 0.25) is 0 Å². The molecule has 3 nitrogen and oxygen atoms in total. The summed E-state index contributed by atoms with van der Waals surface area (Å²) in [7, 11) is 0. The van der Waals surface area contributed by atoms with Gasteiger partial charge in [-0.25, -0.2) is 4.98 Å². The SMILES string of the molecule is CC(C)(C)c1cc(N)ncc1OC1CC1. The summed E-state index contributed by atoms with van der Waals surface area (Å²) in [5, 5.41) is 0. The van der Waals surface area contributed by atoms with Crippen molar-refractivity contribution in [3.05, 3.63) is 17.8 Å². The molecule has 1 aromatic rings. The van der Waals surface area contributed by atoms with Crippen LogP contribution < -0.4 is 10.5 Å². The normalized spacial score (nSPS) is 16.5. The molecule has 0 aromatic carbocycles. The maximum Gasteiger partial charge on any atom is 0.141 e. The molecule has 2 rings (SSSR count). The average Bonchev–Trinajstić information content (AvgIpc) is 2.90. The van der Waals surface area contributed by atoms with Gasteiger partial charge < -0.3 is 10.5 Å². The third-order valence-electron chi connectivity index (χ3n) is 2.51. The Bertz CT molecular complexity index is 364. The van der Waals surface area contributed by atoms with Crippen LogP contribution in [0.4, 0.5) is 5.82 Å². The van der Waals surface area contributed by atoms with E-state index in [2.05, 4.69) is 25.8 Å². The van der Waals surface area contributed by atoms with Crippen molar-refractivity contribution < 1.29 is 4.74 Å². The highest BCUT2D eigenvalue weighted by molar-refractivity contribution is 5.44. The van der Waals surface area contributed by atoms with E-state index < -0.39 is 0 Å². The molecule has 3 heteroatoms. The van der Waals surface area contributed by atoms with Gasteiger partial charge in [0.25, 0.3) is 0 Å². The number of aromatic nitrogens is 1. The third kappa shape index (κ3) is 2.41. The van der Waals surface area contributed by atoms with E-state index in [1.807, 2.05) is 6.07 Å². The van der Waals surface area contributed by atoms with Crippen LogP contribution in [-0.4, -0.2) is 11.1 Å². The molecule has 0 saturated heterocycles. The van der Waals surface area contributed by atoms with Gasteiger partial charge in [-0.2, -0.15) is 0 Å². The molecule has 0 amide bonds. The average molecular weight is 206 g/mol. The highest BCUT2D eigenvalue weighted by Gasteiger charge is 2.27. The van der Waals surface area contributed by atoms with Crippen LogP contribution in [0, 0.1) is 0 Å². The van der Waals surface area contributed by atoms with Crippen molar-refractivity contribution in [1.29, 1.82) is 0 Å². The predicted octanol–water partition coefficient (Wildman–Crippen LogP) is 2.50. The van der Waals surface area contributed by atoms with Crippen molar-refractivity contribution in [2.45, 2.75) is 45.1 Å². The monoisotopic (exact) mass is 206 g/mol. The minimum Gasteiger partial charge on any atom is -0.489 e. The van der Waals surface area contributed by atoms with Crippen LogP contribution in [0.3, 0.4) is 0 Å². The molecule has 1 aromatic heterocycles. The summed E-state index contributed by atoms with van der Waals surface area (Å²) >= 11 is 0. The van der Waals surface area contributed by atoms with Crippen molar-refractivity contribution in [1.82, 2.24) is 4.98 Å². The standard InChI is InChI=1S/C12H18N2O/c1-12(2,3)9-6-11(13)14-7-10(9)15-8-4-5-8/h6-8H,4-5H2,1-3H3,(H2,13,14). The zero-order valence-electron chi connectivity index (χ0n) is 9.58. The molecule has 1 aliphatic rings. The molecule has 2 N–H and O–H groups in total. The number of rotatable bonds is 2. The highest BCUT2D eigenvalue weighted by Crippen LogP contribution is 2.35. The van der Waals surface area contributed by atoms with Gasteiger partial charge >= 0.3 is 0 Å². The van der Waals surface area contributed by atoms with Crippen molar-refractivity contribution in [2.24, 2.45) is 0 Å². The Hall–Kier alpha value is -1.25. The molecule has 82 valence electrons. The molecular weight excluding hydrogens is 188 g/mol. The van der Waals surface area contributed by atoms with Crippen LogP contribution in [0.5, 0.6) is 5.75 Å². The first-order valence-corrected chi connectivity index (χ1v) is 5.39. The van der Waals surface area contributed by atoms with Gasteiger partial charge in [-0.05, 0) is 24.3 Å². The molecule has 1 fully saturated rings. The van der Waals surface area contributed by atoms with E-state index in [9.17, 15) is 0 Å². The van der Waals surface area contributed by atoms with Crippen LogP contribution in [0.25, 0.3) is 0 Å². The van der Waals surface area contributed by atoms with Crippen molar-refractivity contribution in [2.75, 3.05) is 5.73 Å². The second kappa shape index (κ2) is 3.40. The maximum absolute atomic E-state index is 5.82. The van der Waals surface area contributed by atoms with E-state index in [-0.39, 0.29) is 5.41 Å². The summed E-state index contributed by atoms with van der Waals surface area (Å²) in [5.41, 5.74) is 6.89. The Morgan fingerprint density at radius 3 is 2.60 bits per heavy atom. The Kier molecular flexibility index (Phi) is 2.33. The minimum absolute atomic E-state index is 0.0429. The molecule has 0 aliphatic heterocycles. The summed E-state index contributed by atoms with van der Waals surface area (Å²) in [4.78, 5) is 4.09. The fraction of sp³-hybridized carbons (Fsp3) is 0.583. The zero-order chi connectivity index (χ0) is 11.1. The number of pyridine rings is 1. The summed E-state index contributed by atoms with van der Waals surface area (Å²) in [5.74, 6) is 1.45. The Morgan fingerprint density at radius 1 is 1.40 bits per heavy atom. The van der Waals surface area contributed by atoms with Crippen LogP contribution in [0.15, 0.2) is 12.3 Å². The van der Waals surface area contributed by atoms with E-state index >= 15 is 0 Å². The van der Waals surface area contributed by atoms with Gasteiger partial charge in [0.2, 0.25) is 0 Å². The summed E-state index contributed by atoms with van der Waals surface area (Å²) in [6.07, 6.45) is 4.47. The van der Waals surface area contributed by atoms with Gasteiger partial charge in [-0.1, -0.05) is 20.8 Å². The van der Waals surface area contributed by atoms with E-state index in [1.54, 1.807) is 6.20 Å². The minimum atomic E-state index is 0.0429. The lowest BCUT2D eigenvalue weighted by molar-refractivity contribution is 0.293. The smallest absolute Gasteiger partial charge is 0.141 e. The van der Waals surface area contributed by atoms with Gasteiger partial charge in [0.05, 0.1) is 12.3 Å². The van der Waals surface area contributed by atoms with E-state index in [0.29, 0.717) is 11.9 Å². The fourth-order valence-electron chi connectivity index (χ4n) is 1.50. The highest BCUT2D eigenvalue weighted by atomic mass is 16.5. The predicted molar refractivity (Wildman–Crippen MR) is 61.0 cm³/mol. The lowest BCUT2D eigenvalue weighted by Gasteiger charge is -2.22. The zero-order valence-corrected chi connectivity index (χ0v) is 9.58. The second-order valence-corrected chi connectivity index (χ2v) is 5.17. The van der Waals surface area contributed by atoms with Crippen LogP contribution >= 0.6 is 0 Å². The quantitative estimate of drug-likeness (QED) is 0.808. The molecular formula is C12H18N2O. The van der Waals surface area contributed by atoms with Gasteiger partial charge in [0, 0.05) is 5.56 Å². The van der Waals surface area contributed by atoms with Crippen LogP contribution in [-0.2, 0) is 5.41 Å². The van der Waals surface area contributed by atoms with Crippen molar-refractivity contribution in [3.63, 3.8) is 0 Å². The number of nitrogen functional groups attached to an aromatic ring is 1. The van der Waals surface area contributed by atoms with E-state index in [1.165, 1.54) is 0 Å². The first kappa shape index (κ1) is 10.3. The number of nitrogens with zero attached hydrogens (tertiary/aromatic N) is 1. The van der Waals surface area contributed by atoms with E-state index in [4.69, 9.17) is 10.5 Å². The lowest BCUT2D eigenvalue weighted by Crippen LogP contribution is -2.15. The number of ether oxygens (including phenoxy) is 1. The Balaban J connectivity index is 2.34. The molecule has 0 radical (unpaired) electrons. The lowest BCUT2D eigenvalue weighted by atomic mass is 9.87. The molecule has 0 atom stereocenters. The second-order valence-electron chi connectivity index (χ2n) is 5.17. The topological polar surface area (TPSA) is 48.1 Å². The van der Waals surface area contributed by atoms with Gasteiger partial charge in [-0.3, -0.25) is 0 Å². The molecule has 0 unspecified atom stereocenters. The summed E-state index contributed by atoms with van der Waals surface area (Å²) in [6.45, 7) is 6.46. The van der Waals surface area contributed by atoms with Gasteiger partial charge in [-0.15, -0.1) is 0 Å². The maximum atomic E-state index is 5.82. The number of nitrogens with two attached hydrogens (primary N) is 1. The molecule has 15 heavy (non-hydrogen) atoms. The fourth-order valence-corrected chi connectivity index (χ4v) is 1.50. The summed E-state index contributed by atoms with van der Waals surface area (Å²) < 4.78 is 5.82. The third-order valence-corrected chi connectivity index (χ3v) is 2.51. The first-order valence-electron chi connectivity index (χ1n) is 5.39. The first-order chi connectivity index (χ1) is 6.97. The summed E-state index contributed by atoms with van der Waals surface area (Å²) in [6, 6.07) is 1.91. The molecule has 0 spiro atoms. The van der Waals surface area contributed by atoms with E-state index in [0.717, 1.165) is 24.2 Å². The number of hydrogen-bond acceptors (Lipinski definition) is 3. The van der Waals surface area contributed by atoms with Gasteiger partial charge in [0.1, 0.15) is 11.6 Å².